The molecule has 16 heteroatoms. The number of rotatable bonds is 3. The molecule has 0 aromatic carbocycles. The summed E-state index contributed by atoms with van der Waals surface area (Å²) < 4.78 is 10.4. The van der Waals surface area contributed by atoms with Crippen LogP contribution < -0.4 is 32.1 Å². The van der Waals surface area contributed by atoms with Crippen molar-refractivity contribution in [2.24, 2.45) is 0 Å². The summed E-state index contributed by atoms with van der Waals surface area (Å²) in [7, 11) is 0. The van der Waals surface area contributed by atoms with Crippen LogP contribution in [0.3, 0.4) is 0 Å². The third kappa shape index (κ3) is 10.8. The van der Waals surface area contributed by atoms with Crippen LogP contribution in [0.5, 0.6) is 0 Å². The summed E-state index contributed by atoms with van der Waals surface area (Å²) in [4.78, 5) is 61.5. The van der Waals surface area contributed by atoms with Crippen LogP contribution in [-0.2, 0) is 28.7 Å². The first-order chi connectivity index (χ1) is 16.4. The van der Waals surface area contributed by atoms with Gasteiger partial charge in [-0.3, -0.25) is 30.0 Å². The lowest BCUT2D eigenvalue weighted by molar-refractivity contribution is -0.136. The fraction of sp³-hybridized carbons (Fsp3) is 0.737. The van der Waals surface area contributed by atoms with Crippen molar-refractivity contribution in [1.29, 1.82) is 0 Å². The van der Waals surface area contributed by atoms with Crippen LogP contribution in [0.1, 0.15) is 20.8 Å². The highest BCUT2D eigenvalue weighted by Gasteiger charge is 2.31. The molecule has 6 amide bonds. The highest BCUT2D eigenvalue weighted by Crippen LogP contribution is 1.98. The number of ether oxygens (including phenoxy) is 2. The summed E-state index contributed by atoms with van der Waals surface area (Å²) >= 11 is 0. The Morgan fingerprint density at radius 2 is 1.14 bits per heavy atom. The molecule has 16 nitrogen and oxygen atoms in total. The zero-order chi connectivity index (χ0) is 26.5. The highest BCUT2D eigenvalue weighted by atomic mass is 16.5. The predicted molar refractivity (Wildman–Crippen MR) is 117 cm³/mol. The minimum Gasteiger partial charge on any atom is -0.391 e. The Morgan fingerprint density at radius 1 is 0.686 bits per heavy atom. The number of amides is 6. The van der Waals surface area contributed by atoms with Crippen molar-refractivity contribution >= 4 is 29.7 Å². The van der Waals surface area contributed by atoms with Crippen LogP contribution in [0, 0.1) is 0 Å². The molecular formula is C19H34N6O10. The largest absolute Gasteiger partial charge is 0.391 e. The molecule has 200 valence electrons. The predicted octanol–water partition coefficient (Wildman–Crippen LogP) is -5.04. The average Bonchev–Trinajstić information content (AvgIpc) is 2.77. The molecule has 0 aromatic rings. The van der Waals surface area contributed by atoms with E-state index in [0.717, 1.165) is 0 Å². The minimum atomic E-state index is -1.59. The van der Waals surface area contributed by atoms with E-state index in [-0.39, 0.29) is 26.4 Å². The van der Waals surface area contributed by atoms with Gasteiger partial charge < -0.3 is 46.1 Å². The molecule has 1 aliphatic rings. The van der Waals surface area contributed by atoms with Crippen LogP contribution >= 0.6 is 0 Å². The van der Waals surface area contributed by atoms with E-state index in [4.69, 9.17) is 9.47 Å². The summed E-state index contributed by atoms with van der Waals surface area (Å²) in [5.41, 5.74) is 3.97. The molecule has 1 fully saturated rings. The van der Waals surface area contributed by atoms with Crippen LogP contribution in [-0.4, -0.2) is 114 Å². The van der Waals surface area contributed by atoms with Gasteiger partial charge in [-0.1, -0.05) is 0 Å². The molecule has 0 saturated carbocycles. The molecule has 1 aliphatic heterocycles. The number of carbonyl (C=O) groups excluding carboxylic acids is 5. The second-order valence-electron chi connectivity index (χ2n) is 7.77. The fourth-order valence-corrected chi connectivity index (χ4v) is 2.77. The first-order valence-corrected chi connectivity index (χ1v) is 10.9. The monoisotopic (exact) mass is 506 g/mol. The lowest BCUT2D eigenvalue weighted by atomic mass is 10.1. The molecule has 1 heterocycles. The molecular weight excluding hydrogens is 472 g/mol. The Hall–Kier alpha value is -3.05. The number of aliphatic hydroxyl groups is 3. The Balaban J connectivity index is 3.00. The maximum absolute atomic E-state index is 12.4. The van der Waals surface area contributed by atoms with Gasteiger partial charge in [-0.15, -0.1) is 0 Å². The smallest absolute Gasteiger partial charge is 0.316 e. The van der Waals surface area contributed by atoms with Crippen molar-refractivity contribution in [2.45, 2.75) is 57.2 Å². The molecule has 5 unspecified atom stereocenters. The molecule has 9 N–H and O–H groups in total. The summed E-state index contributed by atoms with van der Waals surface area (Å²) in [5, 5.41) is 38.7. The molecule has 0 radical (unpaired) electrons. The number of urea groups is 1. The molecule has 1 saturated heterocycles. The van der Waals surface area contributed by atoms with Gasteiger partial charge in [0.15, 0.2) is 0 Å². The zero-order valence-electron chi connectivity index (χ0n) is 19.7. The second-order valence-corrected chi connectivity index (χ2v) is 7.77. The van der Waals surface area contributed by atoms with Gasteiger partial charge in [0.05, 0.1) is 38.1 Å². The van der Waals surface area contributed by atoms with Gasteiger partial charge in [0, 0.05) is 6.54 Å². The van der Waals surface area contributed by atoms with Crippen molar-refractivity contribution in [3.8, 4) is 0 Å². The summed E-state index contributed by atoms with van der Waals surface area (Å²) in [6.45, 7) is 3.44. The van der Waals surface area contributed by atoms with Crippen LogP contribution in [0.2, 0.25) is 0 Å². The van der Waals surface area contributed by atoms with E-state index in [2.05, 4.69) is 21.3 Å². The SMILES string of the molecule is CC(O)C1NC(=O)COCCOCCNC(=O)C(C(C)O)NC(=O)N[C@@H](C(C)O)C(=O)NNC1=O. The molecule has 6 atom stereocenters. The number of hydrogen-bond acceptors (Lipinski definition) is 10. The molecule has 35 heavy (non-hydrogen) atoms. The van der Waals surface area contributed by atoms with Gasteiger partial charge in [-0.05, 0) is 20.8 Å². The summed E-state index contributed by atoms with van der Waals surface area (Å²) in [6, 6.07) is -5.51. The third-order valence-electron chi connectivity index (χ3n) is 4.64. The Labute approximate surface area is 201 Å². The lowest BCUT2D eigenvalue weighted by Gasteiger charge is -2.25. The number of carbonyl (C=O) groups is 5. The Bertz CT molecular complexity index is 748. The maximum atomic E-state index is 12.4. The van der Waals surface area contributed by atoms with Crippen molar-refractivity contribution in [3.05, 3.63) is 0 Å². The number of hydrazine groups is 1. The van der Waals surface area contributed by atoms with E-state index < -0.39 is 72.7 Å². The number of nitrogens with one attached hydrogen (secondary N) is 6. The van der Waals surface area contributed by atoms with E-state index in [1.165, 1.54) is 20.8 Å². The minimum absolute atomic E-state index is 0.0156. The maximum Gasteiger partial charge on any atom is 0.316 e. The average molecular weight is 507 g/mol. The summed E-state index contributed by atoms with van der Waals surface area (Å²) in [6.07, 6.45) is -4.10. The van der Waals surface area contributed by atoms with Crippen molar-refractivity contribution in [3.63, 3.8) is 0 Å². The summed E-state index contributed by atoms with van der Waals surface area (Å²) in [5.74, 6) is -3.49. The fourth-order valence-electron chi connectivity index (χ4n) is 2.77. The van der Waals surface area contributed by atoms with Crippen molar-refractivity contribution < 1.29 is 48.8 Å². The van der Waals surface area contributed by atoms with Gasteiger partial charge in [-0.25, -0.2) is 4.79 Å². The zero-order valence-corrected chi connectivity index (χ0v) is 19.7. The van der Waals surface area contributed by atoms with E-state index in [0.29, 0.717) is 0 Å². The Kier molecular flexibility index (Phi) is 12.9. The van der Waals surface area contributed by atoms with E-state index in [1.807, 2.05) is 10.9 Å². The quantitative estimate of drug-likeness (QED) is 0.177. The van der Waals surface area contributed by atoms with Crippen molar-refractivity contribution in [2.75, 3.05) is 33.0 Å². The topological polar surface area (TPSA) is 237 Å². The van der Waals surface area contributed by atoms with Crippen LogP contribution in [0.4, 0.5) is 4.79 Å². The van der Waals surface area contributed by atoms with Gasteiger partial charge in [0.1, 0.15) is 24.7 Å². The first kappa shape index (κ1) is 30.0. The van der Waals surface area contributed by atoms with Gasteiger partial charge in [-0.2, -0.15) is 0 Å². The lowest BCUT2D eigenvalue weighted by Crippen LogP contribution is -2.62. The van der Waals surface area contributed by atoms with E-state index in [1.54, 1.807) is 0 Å². The van der Waals surface area contributed by atoms with E-state index >= 15 is 0 Å². The number of hydrogen-bond donors (Lipinski definition) is 9. The normalized spacial score (nSPS) is 27.4. The van der Waals surface area contributed by atoms with Crippen LogP contribution in [0.15, 0.2) is 0 Å². The van der Waals surface area contributed by atoms with Gasteiger partial charge >= 0.3 is 6.03 Å². The highest BCUT2D eigenvalue weighted by molar-refractivity contribution is 5.93. The van der Waals surface area contributed by atoms with Crippen molar-refractivity contribution in [1.82, 2.24) is 32.1 Å². The number of aliphatic hydroxyl groups excluding tert-OH is 3. The molecule has 0 aliphatic carbocycles. The first-order valence-electron chi connectivity index (χ1n) is 10.9. The van der Waals surface area contributed by atoms with Gasteiger partial charge in [0.25, 0.3) is 11.8 Å². The van der Waals surface area contributed by atoms with E-state index in [9.17, 15) is 39.3 Å². The second kappa shape index (κ2) is 15.0. The molecule has 0 spiro atoms. The Morgan fingerprint density at radius 3 is 1.66 bits per heavy atom. The molecule has 1 rings (SSSR count). The van der Waals surface area contributed by atoms with Gasteiger partial charge in [0.2, 0.25) is 11.8 Å². The van der Waals surface area contributed by atoms with Crippen LogP contribution in [0.25, 0.3) is 0 Å². The molecule has 0 aromatic heterocycles. The third-order valence-corrected chi connectivity index (χ3v) is 4.64. The molecule has 0 bridgehead atoms. The standard InChI is InChI=1S/C19H34N6O10/c1-9(26)13-16(30)20-4-5-34-6-7-35-8-12(29)21-14(10(2)27)17(31)24-25-18(32)15(11(3)28)23-19(33)22-13/h9-11,13-15,26-28H,4-8H2,1-3H3,(H,20,30)(H,21,29)(H,24,31)(H,25,32)(H2,22,23,33)/t9?,10?,11?,13?,14?,15-/m0/s1.